The number of nitrogens with one attached hydrogen (secondary N) is 1. The van der Waals surface area contributed by atoms with Crippen molar-refractivity contribution >= 4 is 29.3 Å². The zero-order chi connectivity index (χ0) is 18.4. The molecule has 1 N–H and O–H groups in total. The van der Waals surface area contributed by atoms with E-state index in [-0.39, 0.29) is 12.2 Å². The number of aromatic nitrogens is 2. The first-order chi connectivity index (χ1) is 11.8. The van der Waals surface area contributed by atoms with Gasteiger partial charge in [0.2, 0.25) is 0 Å². The van der Waals surface area contributed by atoms with Gasteiger partial charge in [-0.2, -0.15) is 0 Å². The van der Waals surface area contributed by atoms with E-state index in [0.717, 1.165) is 0 Å². The minimum absolute atomic E-state index is 0.0467. The van der Waals surface area contributed by atoms with Crippen LogP contribution < -0.4 is 5.32 Å². The van der Waals surface area contributed by atoms with E-state index in [1.165, 1.54) is 11.8 Å². The van der Waals surface area contributed by atoms with Gasteiger partial charge < -0.3 is 4.74 Å². The molecule has 132 valence electrons. The number of Topliss-reactive ketones (excluding diaryl/α,β-unsaturated/α-hetero) is 1. The monoisotopic (exact) mass is 359 g/mol. The Kier molecular flexibility index (Phi) is 6.14. The summed E-state index contributed by atoms with van der Waals surface area (Å²) in [5.41, 5.74) is 1.24. The summed E-state index contributed by atoms with van der Waals surface area (Å²) in [7, 11) is 0. The molecule has 2 rings (SSSR count). The van der Waals surface area contributed by atoms with Crippen LogP contribution >= 0.6 is 11.8 Å². The van der Waals surface area contributed by atoms with Gasteiger partial charge in [0.1, 0.15) is 5.60 Å². The van der Waals surface area contributed by atoms with Crippen LogP contribution in [-0.2, 0) is 11.2 Å². The van der Waals surface area contributed by atoms with Crippen molar-refractivity contribution in [2.75, 3.05) is 11.6 Å². The summed E-state index contributed by atoms with van der Waals surface area (Å²) in [4.78, 5) is 32.5. The lowest BCUT2D eigenvalue weighted by Crippen LogP contribution is -2.27. The molecular weight excluding hydrogens is 338 g/mol. The minimum atomic E-state index is -0.562. The highest BCUT2D eigenvalue weighted by molar-refractivity contribution is 7.98. The fraction of sp³-hybridized carbons (Fsp3) is 0.333. The number of thioether (sulfide) groups is 1. The third kappa shape index (κ3) is 6.19. The second-order valence-electron chi connectivity index (χ2n) is 6.34. The number of nitrogens with zero attached hydrogens (tertiary/aromatic N) is 2. The molecule has 0 aliphatic carbocycles. The number of carbonyl (C=O) groups excluding carboxylic acids is 2. The van der Waals surface area contributed by atoms with Gasteiger partial charge in [-0.25, -0.2) is 14.8 Å². The van der Waals surface area contributed by atoms with Gasteiger partial charge in [-0.1, -0.05) is 11.8 Å². The Morgan fingerprint density at radius 1 is 1.16 bits per heavy atom. The minimum Gasteiger partial charge on any atom is -0.444 e. The van der Waals surface area contributed by atoms with Crippen LogP contribution in [0.3, 0.4) is 0 Å². The number of ketones is 1. The molecule has 0 unspecified atom stereocenters. The van der Waals surface area contributed by atoms with Gasteiger partial charge in [0.15, 0.2) is 10.9 Å². The van der Waals surface area contributed by atoms with E-state index >= 15 is 0 Å². The Balaban J connectivity index is 1.99. The van der Waals surface area contributed by atoms with Crippen molar-refractivity contribution in [1.82, 2.24) is 9.97 Å². The molecule has 0 saturated carbocycles. The lowest BCUT2D eigenvalue weighted by atomic mass is 10.1. The highest BCUT2D eigenvalue weighted by atomic mass is 32.2. The van der Waals surface area contributed by atoms with Crippen molar-refractivity contribution < 1.29 is 14.3 Å². The molecule has 0 atom stereocenters. The summed E-state index contributed by atoms with van der Waals surface area (Å²) in [5.74, 6) is -0.0467. The molecule has 0 saturated heterocycles. The van der Waals surface area contributed by atoms with Crippen molar-refractivity contribution in [1.29, 1.82) is 0 Å². The van der Waals surface area contributed by atoms with E-state index in [9.17, 15) is 9.59 Å². The van der Waals surface area contributed by atoms with Crippen molar-refractivity contribution in [2.45, 2.75) is 37.9 Å². The van der Waals surface area contributed by atoms with E-state index < -0.39 is 11.7 Å². The maximum absolute atomic E-state index is 12.4. The number of hydrogen-bond donors (Lipinski definition) is 1. The number of benzene rings is 1. The molecule has 25 heavy (non-hydrogen) atoms. The Morgan fingerprint density at radius 2 is 1.84 bits per heavy atom. The molecule has 0 aliphatic heterocycles. The Bertz CT molecular complexity index is 755. The van der Waals surface area contributed by atoms with Crippen LogP contribution in [0.1, 0.15) is 36.8 Å². The third-order valence-corrected chi connectivity index (χ3v) is 3.63. The Hall–Kier alpha value is -2.41. The van der Waals surface area contributed by atoms with Crippen LogP contribution in [0.5, 0.6) is 0 Å². The zero-order valence-corrected chi connectivity index (χ0v) is 15.5. The van der Waals surface area contributed by atoms with Crippen molar-refractivity contribution in [3.8, 4) is 0 Å². The summed E-state index contributed by atoms with van der Waals surface area (Å²) in [5, 5.41) is 3.27. The fourth-order valence-electron chi connectivity index (χ4n) is 2.00. The number of hydrogen-bond acceptors (Lipinski definition) is 6. The predicted octanol–water partition coefficient (Wildman–Crippen LogP) is 3.97. The van der Waals surface area contributed by atoms with Crippen LogP contribution in [-0.4, -0.2) is 33.7 Å². The molecule has 1 heterocycles. The lowest BCUT2D eigenvalue weighted by Gasteiger charge is -2.19. The molecule has 6 nitrogen and oxygen atoms in total. The molecule has 1 aromatic carbocycles. The van der Waals surface area contributed by atoms with Gasteiger partial charge in [0.25, 0.3) is 0 Å². The molecule has 0 fully saturated rings. The van der Waals surface area contributed by atoms with Gasteiger partial charge in [-0.3, -0.25) is 10.1 Å². The summed E-state index contributed by atoms with van der Waals surface area (Å²) in [6.07, 6.45) is 3.21. The molecule has 7 heteroatoms. The molecule has 0 aliphatic rings. The largest absolute Gasteiger partial charge is 0.444 e. The highest BCUT2D eigenvalue weighted by Crippen LogP contribution is 2.15. The predicted molar refractivity (Wildman–Crippen MR) is 98.1 cm³/mol. The van der Waals surface area contributed by atoms with Crippen molar-refractivity contribution in [3.63, 3.8) is 0 Å². The summed E-state index contributed by atoms with van der Waals surface area (Å²) < 4.78 is 5.19. The molecule has 0 radical (unpaired) electrons. The molecule has 1 aromatic heterocycles. The van der Waals surface area contributed by atoms with E-state index in [0.29, 0.717) is 22.1 Å². The van der Waals surface area contributed by atoms with Crippen molar-refractivity contribution in [2.24, 2.45) is 0 Å². The second-order valence-corrected chi connectivity index (χ2v) is 7.11. The normalized spacial score (nSPS) is 11.0. The topological polar surface area (TPSA) is 81.2 Å². The quantitative estimate of drug-likeness (QED) is 0.494. The van der Waals surface area contributed by atoms with Crippen molar-refractivity contribution in [3.05, 3.63) is 47.8 Å². The number of rotatable bonds is 5. The zero-order valence-electron chi connectivity index (χ0n) is 14.7. The van der Waals surface area contributed by atoms with Gasteiger partial charge in [-0.05, 0) is 57.4 Å². The van der Waals surface area contributed by atoms with Gasteiger partial charge in [0, 0.05) is 17.4 Å². The van der Waals surface area contributed by atoms with Gasteiger partial charge in [0.05, 0.1) is 12.1 Å². The van der Waals surface area contributed by atoms with Gasteiger partial charge in [-0.15, -0.1) is 0 Å². The van der Waals surface area contributed by atoms with Crippen LogP contribution in [0.4, 0.5) is 10.5 Å². The smallest absolute Gasteiger partial charge is 0.412 e. The van der Waals surface area contributed by atoms with Crippen LogP contribution in [0, 0.1) is 0 Å². The number of carbonyl (C=O) groups is 2. The van der Waals surface area contributed by atoms with Gasteiger partial charge >= 0.3 is 6.09 Å². The average molecular weight is 359 g/mol. The molecule has 0 spiro atoms. The van der Waals surface area contributed by atoms with E-state index in [2.05, 4.69) is 15.3 Å². The summed E-state index contributed by atoms with van der Waals surface area (Å²) in [6.45, 7) is 5.39. The molecule has 0 bridgehead atoms. The molecule has 1 amide bonds. The van der Waals surface area contributed by atoms with E-state index in [1.807, 2.05) is 6.26 Å². The van der Waals surface area contributed by atoms with Crippen LogP contribution in [0.15, 0.2) is 41.7 Å². The molecular formula is C18H21N3O3S. The number of anilines is 1. The van der Waals surface area contributed by atoms with E-state index in [4.69, 9.17) is 4.74 Å². The second kappa shape index (κ2) is 8.11. The Labute approximate surface area is 151 Å². The fourth-order valence-corrected chi connectivity index (χ4v) is 2.38. The van der Waals surface area contributed by atoms with Crippen LogP contribution in [0.2, 0.25) is 0 Å². The average Bonchev–Trinajstić information content (AvgIpc) is 2.53. The van der Waals surface area contributed by atoms with Crippen LogP contribution in [0.25, 0.3) is 0 Å². The summed E-state index contributed by atoms with van der Waals surface area (Å²) >= 11 is 1.43. The lowest BCUT2D eigenvalue weighted by molar-refractivity contribution is 0.0636. The Morgan fingerprint density at radius 3 is 2.44 bits per heavy atom. The third-order valence-electron chi connectivity index (χ3n) is 3.07. The maximum atomic E-state index is 12.4. The SMILES string of the molecule is CSc1nccc(CC(=O)c2ccc(NC(=O)OC(C)(C)C)cc2)n1. The summed E-state index contributed by atoms with van der Waals surface area (Å²) in [6, 6.07) is 8.42. The first-order valence-corrected chi connectivity index (χ1v) is 8.98. The number of ether oxygens (including phenoxy) is 1. The highest BCUT2D eigenvalue weighted by Gasteiger charge is 2.16. The standard InChI is InChI=1S/C18H21N3O3S/c1-18(2,3)24-17(23)21-13-7-5-12(6-8-13)15(22)11-14-9-10-19-16(20-14)25-4/h5-10H,11H2,1-4H3,(H,21,23). The number of amides is 1. The first-order valence-electron chi connectivity index (χ1n) is 7.76. The molecule has 2 aromatic rings. The van der Waals surface area contributed by atoms with E-state index in [1.54, 1.807) is 57.3 Å². The maximum Gasteiger partial charge on any atom is 0.412 e. The first kappa shape index (κ1) is 18.9.